The Morgan fingerprint density at radius 1 is 1.26 bits per heavy atom. The largest absolute Gasteiger partial charge is 0.387 e. The van der Waals surface area contributed by atoms with E-state index >= 15 is 0 Å². The summed E-state index contributed by atoms with van der Waals surface area (Å²) >= 11 is 0. The molecule has 0 bridgehead atoms. The van der Waals surface area contributed by atoms with E-state index in [0.29, 0.717) is 6.54 Å². The number of hydrogen-bond acceptors (Lipinski definition) is 4. The van der Waals surface area contributed by atoms with Gasteiger partial charge >= 0.3 is 0 Å². The average molecular weight is 297 g/mol. The fourth-order valence-corrected chi connectivity index (χ4v) is 3.58. The van der Waals surface area contributed by atoms with Crippen LogP contribution in [-0.4, -0.2) is 97.6 Å². The molecular weight excluding hydrogens is 274 g/mol. The fraction of sp³-hybridized carbons (Fsp3) is 0.900. The summed E-state index contributed by atoms with van der Waals surface area (Å²) in [6.07, 6.45) is 0. The van der Waals surface area contributed by atoms with Gasteiger partial charge < -0.3 is 14.9 Å². The second-order valence-corrected chi connectivity index (χ2v) is 7.82. The van der Waals surface area contributed by atoms with Gasteiger partial charge in [-0.2, -0.15) is 0 Å². The molecule has 0 saturated carbocycles. The van der Waals surface area contributed by atoms with Crippen molar-refractivity contribution in [2.45, 2.75) is 0 Å². The third kappa shape index (κ3) is 4.48. The zero-order chi connectivity index (χ0) is 14.7. The number of carbonyl (C=O) groups is 1. The van der Waals surface area contributed by atoms with Crippen molar-refractivity contribution in [1.29, 1.82) is 0 Å². The highest BCUT2D eigenvalue weighted by Crippen LogP contribution is 2.25. The van der Waals surface area contributed by atoms with Crippen LogP contribution in [0.2, 0.25) is 0 Å². The van der Waals surface area contributed by atoms with E-state index in [2.05, 4.69) is 0 Å². The predicted octanol–water partition coefficient (Wildman–Crippen LogP) is -1.63. The maximum Gasteiger partial charge on any atom is 0.248 e. The van der Waals surface area contributed by atoms with Gasteiger partial charge in [-0.1, -0.05) is 0 Å². The minimum atomic E-state index is -4.87. The summed E-state index contributed by atoms with van der Waals surface area (Å²) in [5.41, 5.74) is 0. The van der Waals surface area contributed by atoms with Crippen LogP contribution >= 0.6 is 0 Å². The van der Waals surface area contributed by atoms with Gasteiger partial charge in [-0.25, -0.2) is 8.51 Å². The lowest BCUT2D eigenvalue weighted by Crippen LogP contribution is -2.54. The van der Waals surface area contributed by atoms with Gasteiger partial charge in [-0.3, -0.25) is 13.9 Å². The summed E-state index contributed by atoms with van der Waals surface area (Å²) in [5, 5.41) is 8.81. The van der Waals surface area contributed by atoms with Crippen LogP contribution in [-0.2, 0) is 14.6 Å². The number of rotatable bonds is 4. The first kappa shape index (κ1) is 16.5. The van der Waals surface area contributed by atoms with E-state index in [1.807, 2.05) is 19.0 Å². The molecule has 1 aliphatic heterocycles. The number of amides is 1. The molecule has 0 atom stereocenters. The topological polar surface area (TPSA) is 105 Å². The number of carbonyl (C=O) groups excluding carboxylic acids is 1. The van der Waals surface area contributed by atoms with Gasteiger partial charge in [0.15, 0.2) is 0 Å². The minimum Gasteiger partial charge on any atom is -0.387 e. The van der Waals surface area contributed by atoms with Crippen LogP contribution in [0.3, 0.4) is 0 Å². The van der Waals surface area contributed by atoms with Crippen molar-refractivity contribution >= 4 is 15.7 Å². The third-order valence-electron chi connectivity index (χ3n) is 3.14. The van der Waals surface area contributed by atoms with E-state index in [0.717, 1.165) is 4.31 Å². The molecule has 0 spiro atoms. The van der Waals surface area contributed by atoms with E-state index in [9.17, 15) is 18.1 Å². The average Bonchev–Trinajstić information content (AvgIpc) is 2.41. The summed E-state index contributed by atoms with van der Waals surface area (Å²) < 4.78 is 33.3. The molecule has 1 fully saturated rings. The summed E-state index contributed by atoms with van der Waals surface area (Å²) in [7, 11) is -1.22. The van der Waals surface area contributed by atoms with E-state index in [4.69, 9.17) is 5.11 Å². The van der Waals surface area contributed by atoms with Crippen molar-refractivity contribution in [2.24, 2.45) is 0 Å². The maximum atomic E-state index is 12.2. The molecule has 0 radical (unpaired) electrons. The Labute approximate surface area is 113 Å². The molecule has 0 aromatic rings. The quantitative estimate of drug-likeness (QED) is 0.575. The molecule has 0 aromatic carbocycles. The Hall–Kier alpha value is -0.580. The molecule has 1 amide bonds. The third-order valence-corrected chi connectivity index (χ3v) is 5.44. The Morgan fingerprint density at radius 3 is 2.42 bits per heavy atom. The van der Waals surface area contributed by atoms with Crippen LogP contribution in [0.4, 0.5) is 0 Å². The SMILES string of the molecule is CN(C)CCN1CCN(C(=O)CO)CCS1(=O)(O)O. The molecule has 1 aliphatic rings. The van der Waals surface area contributed by atoms with Gasteiger partial charge in [0.25, 0.3) is 0 Å². The Kier molecular flexibility index (Phi) is 5.04. The molecular formula is C10H23N3O5S. The van der Waals surface area contributed by atoms with E-state index in [1.54, 1.807) is 0 Å². The second-order valence-electron chi connectivity index (χ2n) is 4.95. The summed E-state index contributed by atoms with van der Waals surface area (Å²) in [4.78, 5) is 14.5. The van der Waals surface area contributed by atoms with Crippen LogP contribution in [0.25, 0.3) is 0 Å². The van der Waals surface area contributed by atoms with Gasteiger partial charge in [0.1, 0.15) is 16.4 Å². The normalized spacial score (nSPS) is 25.6. The lowest BCUT2D eigenvalue weighted by Gasteiger charge is -2.40. The van der Waals surface area contributed by atoms with Crippen LogP contribution in [0.1, 0.15) is 0 Å². The molecule has 0 aromatic heterocycles. The van der Waals surface area contributed by atoms with Gasteiger partial charge in [-0.15, -0.1) is 0 Å². The standard InChI is InChI=1S/C10H23N3O5S/c1-11(2)3-5-13-6-4-12(10(15)9-14)7-8-19(13,16,17)18/h14H,3-9H2,1-2H3,(H2,16,17,18). The van der Waals surface area contributed by atoms with Crippen LogP contribution in [0.5, 0.6) is 0 Å². The van der Waals surface area contributed by atoms with E-state index < -0.39 is 28.1 Å². The molecule has 0 aliphatic carbocycles. The van der Waals surface area contributed by atoms with E-state index in [-0.39, 0.29) is 26.2 Å². The number of likely N-dealkylation sites (N-methyl/N-ethyl adjacent to an activating group) is 1. The highest BCUT2D eigenvalue weighted by Gasteiger charge is 2.40. The van der Waals surface area contributed by atoms with Crippen LogP contribution in [0.15, 0.2) is 0 Å². The first-order chi connectivity index (χ1) is 8.64. The number of aliphatic hydroxyl groups is 1. The Balaban J connectivity index is 2.80. The number of aliphatic hydroxyl groups excluding tert-OH is 1. The highest BCUT2D eigenvalue weighted by molar-refractivity contribution is 8.08. The van der Waals surface area contributed by atoms with Crippen LogP contribution in [0, 0.1) is 0 Å². The lowest BCUT2D eigenvalue weighted by atomic mass is 10.4. The first-order valence-corrected chi connectivity index (χ1v) is 8.08. The molecule has 0 unspecified atom stereocenters. The van der Waals surface area contributed by atoms with Gasteiger partial charge in [-0.05, 0) is 14.1 Å². The molecule has 1 rings (SSSR count). The number of nitrogens with zero attached hydrogens (tertiary/aromatic N) is 3. The van der Waals surface area contributed by atoms with Crippen molar-refractivity contribution in [2.75, 3.05) is 59.2 Å². The molecule has 3 N–H and O–H groups in total. The van der Waals surface area contributed by atoms with Crippen molar-refractivity contribution in [3.63, 3.8) is 0 Å². The van der Waals surface area contributed by atoms with Crippen molar-refractivity contribution in [3.8, 4) is 0 Å². The molecule has 114 valence electrons. The van der Waals surface area contributed by atoms with Crippen molar-refractivity contribution in [3.05, 3.63) is 0 Å². The molecule has 1 heterocycles. The van der Waals surface area contributed by atoms with Gasteiger partial charge in [0, 0.05) is 32.7 Å². The summed E-state index contributed by atoms with van der Waals surface area (Å²) in [6.45, 7) is 0.369. The molecule has 1 saturated heterocycles. The summed E-state index contributed by atoms with van der Waals surface area (Å²) in [6, 6.07) is 0. The van der Waals surface area contributed by atoms with E-state index in [1.165, 1.54) is 4.90 Å². The van der Waals surface area contributed by atoms with Crippen LogP contribution < -0.4 is 0 Å². The first-order valence-electron chi connectivity index (χ1n) is 6.08. The maximum absolute atomic E-state index is 12.2. The Morgan fingerprint density at radius 2 is 1.89 bits per heavy atom. The number of hydrogen-bond donors (Lipinski definition) is 3. The zero-order valence-corrected chi connectivity index (χ0v) is 12.2. The minimum absolute atomic E-state index is 0.0454. The van der Waals surface area contributed by atoms with Crippen molar-refractivity contribution < 1.29 is 23.2 Å². The smallest absolute Gasteiger partial charge is 0.248 e. The van der Waals surface area contributed by atoms with Gasteiger partial charge in [0.2, 0.25) is 5.91 Å². The molecule has 8 nitrogen and oxygen atoms in total. The summed E-state index contributed by atoms with van der Waals surface area (Å²) in [5.74, 6) is -0.923. The monoisotopic (exact) mass is 297 g/mol. The Bertz CT molecular complexity index is 395. The second kappa shape index (κ2) is 5.81. The van der Waals surface area contributed by atoms with Gasteiger partial charge in [0.05, 0.1) is 5.75 Å². The highest BCUT2D eigenvalue weighted by atomic mass is 32.3. The fourth-order valence-electron chi connectivity index (χ4n) is 1.88. The molecule has 19 heavy (non-hydrogen) atoms. The predicted molar refractivity (Wildman–Crippen MR) is 72.1 cm³/mol. The lowest BCUT2D eigenvalue weighted by molar-refractivity contribution is -0.133. The van der Waals surface area contributed by atoms with Crippen molar-refractivity contribution in [1.82, 2.24) is 14.1 Å². The zero-order valence-electron chi connectivity index (χ0n) is 11.4. The molecule has 9 heteroatoms.